The average Bonchev–Trinajstić information content (AvgIpc) is 2.44. The number of halogens is 2. The van der Waals surface area contributed by atoms with Crippen LogP contribution < -0.4 is 16.8 Å². The minimum Gasteiger partial charge on any atom is -0.366 e. The smallest absolute Gasteiger partial charge is 0.244 e. The van der Waals surface area contributed by atoms with E-state index >= 15 is 0 Å². The lowest BCUT2D eigenvalue weighted by Gasteiger charge is -2.10. The van der Waals surface area contributed by atoms with E-state index in [9.17, 15) is 4.79 Å². The summed E-state index contributed by atoms with van der Waals surface area (Å²) in [6.07, 6.45) is 4.23. The van der Waals surface area contributed by atoms with Crippen LogP contribution in [0.5, 0.6) is 0 Å². The number of carbonyl (C=O) groups is 1. The Labute approximate surface area is 145 Å². The lowest BCUT2D eigenvalue weighted by atomic mass is 10.0. The first-order valence-electron chi connectivity index (χ1n) is 7.03. The highest BCUT2D eigenvalue weighted by atomic mass is 35.5. The van der Waals surface area contributed by atoms with Crippen molar-refractivity contribution in [2.75, 3.05) is 13.6 Å². The molecule has 0 saturated carbocycles. The number of benzene rings is 1. The molecule has 0 saturated heterocycles. The van der Waals surface area contributed by atoms with E-state index in [0.717, 1.165) is 18.4 Å². The Balaban J connectivity index is 0. The van der Waals surface area contributed by atoms with Crippen LogP contribution in [0.25, 0.3) is 6.08 Å². The normalized spacial score (nSPS) is 12.0. The van der Waals surface area contributed by atoms with Crippen LogP contribution in [-0.4, -0.2) is 25.5 Å². The molecule has 1 unspecified atom stereocenters. The summed E-state index contributed by atoms with van der Waals surface area (Å²) in [6, 6.07) is 8.65. The van der Waals surface area contributed by atoms with Gasteiger partial charge in [-0.1, -0.05) is 24.3 Å². The molecule has 0 aromatic heterocycles. The molecule has 22 heavy (non-hydrogen) atoms. The topological polar surface area (TPSA) is 81.1 Å². The van der Waals surface area contributed by atoms with Crippen molar-refractivity contribution in [2.24, 2.45) is 11.5 Å². The first-order chi connectivity index (χ1) is 9.56. The molecule has 0 radical (unpaired) electrons. The standard InChI is InChI=1S/C16H25N3O.2ClH/c1-12(19-2)10-13-5-7-14(8-6-13)11-15(16(18)20)4-3-9-17;;/h5-8,11-12,19H,3-4,9-10,17H2,1-2H3,(H2,18,20);2*1H. The van der Waals surface area contributed by atoms with Crippen LogP contribution in [-0.2, 0) is 11.2 Å². The Kier molecular flexibility index (Phi) is 13.2. The monoisotopic (exact) mass is 347 g/mol. The number of likely N-dealkylation sites (N-methyl/N-ethyl adjacent to an activating group) is 1. The fourth-order valence-electron chi connectivity index (χ4n) is 1.97. The zero-order valence-corrected chi connectivity index (χ0v) is 14.8. The van der Waals surface area contributed by atoms with Gasteiger partial charge in [-0.15, -0.1) is 24.8 Å². The molecule has 1 atom stereocenters. The lowest BCUT2D eigenvalue weighted by molar-refractivity contribution is -0.114. The molecule has 1 rings (SSSR count). The van der Waals surface area contributed by atoms with Gasteiger partial charge in [-0.3, -0.25) is 4.79 Å². The highest BCUT2D eigenvalue weighted by molar-refractivity contribution is 5.96. The van der Waals surface area contributed by atoms with Gasteiger partial charge in [-0.2, -0.15) is 0 Å². The van der Waals surface area contributed by atoms with Crippen molar-refractivity contribution in [3.8, 4) is 0 Å². The lowest BCUT2D eigenvalue weighted by Crippen LogP contribution is -2.23. The molecule has 5 N–H and O–H groups in total. The molecule has 0 spiro atoms. The summed E-state index contributed by atoms with van der Waals surface area (Å²) in [5.41, 5.74) is 13.7. The number of hydrogen-bond acceptors (Lipinski definition) is 3. The van der Waals surface area contributed by atoms with Gasteiger partial charge in [0.25, 0.3) is 0 Å². The maximum absolute atomic E-state index is 11.4. The van der Waals surface area contributed by atoms with Gasteiger partial charge >= 0.3 is 0 Å². The van der Waals surface area contributed by atoms with Crippen LogP contribution in [0.1, 0.15) is 30.9 Å². The molecule has 0 heterocycles. The second kappa shape index (κ2) is 12.5. The summed E-state index contributed by atoms with van der Waals surface area (Å²) >= 11 is 0. The number of nitrogens with two attached hydrogens (primary N) is 2. The Hall–Kier alpha value is -1.07. The van der Waals surface area contributed by atoms with Crippen molar-refractivity contribution in [3.63, 3.8) is 0 Å². The van der Waals surface area contributed by atoms with Crippen molar-refractivity contribution < 1.29 is 4.79 Å². The quantitative estimate of drug-likeness (QED) is 0.631. The summed E-state index contributed by atoms with van der Waals surface area (Å²) in [6.45, 7) is 2.71. The molecule has 6 heteroatoms. The summed E-state index contributed by atoms with van der Waals surface area (Å²) < 4.78 is 0. The number of hydrogen-bond donors (Lipinski definition) is 3. The number of rotatable bonds is 8. The predicted molar refractivity (Wildman–Crippen MR) is 98.6 cm³/mol. The molecule has 1 aromatic rings. The number of primary amides is 1. The van der Waals surface area contributed by atoms with Gasteiger partial charge in [-0.25, -0.2) is 0 Å². The van der Waals surface area contributed by atoms with Crippen LogP contribution in [0, 0.1) is 0 Å². The SMILES string of the molecule is CNC(C)Cc1ccc(C=C(CCCN)C(N)=O)cc1.Cl.Cl. The fraction of sp³-hybridized carbons (Fsp3) is 0.438. The van der Waals surface area contributed by atoms with E-state index in [-0.39, 0.29) is 30.7 Å². The van der Waals surface area contributed by atoms with Crippen LogP contribution in [0.15, 0.2) is 29.8 Å². The minimum atomic E-state index is -0.369. The maximum Gasteiger partial charge on any atom is 0.244 e. The van der Waals surface area contributed by atoms with Crippen molar-refractivity contribution in [1.82, 2.24) is 5.32 Å². The summed E-state index contributed by atoms with van der Waals surface area (Å²) in [5, 5.41) is 3.21. The first-order valence-corrected chi connectivity index (χ1v) is 7.03. The maximum atomic E-state index is 11.4. The van der Waals surface area contributed by atoms with Crippen molar-refractivity contribution in [3.05, 3.63) is 41.0 Å². The van der Waals surface area contributed by atoms with E-state index < -0.39 is 0 Å². The number of carbonyl (C=O) groups excluding carboxylic acids is 1. The summed E-state index contributed by atoms with van der Waals surface area (Å²) in [4.78, 5) is 11.4. The van der Waals surface area contributed by atoms with Gasteiger partial charge in [0, 0.05) is 11.6 Å². The molecular weight excluding hydrogens is 321 g/mol. The third-order valence-electron chi connectivity index (χ3n) is 3.32. The molecule has 1 aromatic carbocycles. The fourth-order valence-corrected chi connectivity index (χ4v) is 1.97. The van der Waals surface area contributed by atoms with Crippen LogP contribution in [0.2, 0.25) is 0 Å². The molecule has 0 fully saturated rings. The average molecular weight is 348 g/mol. The highest BCUT2D eigenvalue weighted by Gasteiger charge is 2.05. The molecule has 0 aliphatic heterocycles. The Bertz CT molecular complexity index is 461. The molecular formula is C16H27Cl2N3O. The minimum absolute atomic E-state index is 0. The first kappa shape index (κ1) is 23.2. The molecule has 0 aliphatic carbocycles. The molecule has 4 nitrogen and oxygen atoms in total. The van der Waals surface area contributed by atoms with Gasteiger partial charge in [-0.05, 0) is 57.0 Å². The van der Waals surface area contributed by atoms with Crippen molar-refractivity contribution in [1.29, 1.82) is 0 Å². The van der Waals surface area contributed by atoms with Crippen molar-refractivity contribution >= 4 is 36.8 Å². The van der Waals surface area contributed by atoms with Gasteiger partial charge in [0.15, 0.2) is 0 Å². The second-order valence-electron chi connectivity index (χ2n) is 5.06. The van der Waals surface area contributed by atoms with Crippen LogP contribution >= 0.6 is 24.8 Å². The van der Waals surface area contributed by atoms with E-state index in [2.05, 4.69) is 24.4 Å². The molecule has 0 bridgehead atoms. The zero-order valence-electron chi connectivity index (χ0n) is 13.2. The third kappa shape index (κ3) is 8.39. The van der Waals surface area contributed by atoms with E-state index in [0.29, 0.717) is 24.6 Å². The predicted octanol–water partition coefficient (Wildman–Crippen LogP) is 2.29. The van der Waals surface area contributed by atoms with E-state index in [1.54, 1.807) is 0 Å². The van der Waals surface area contributed by atoms with E-state index in [1.807, 2.05) is 25.3 Å². The Morgan fingerprint density at radius 3 is 2.32 bits per heavy atom. The summed E-state index contributed by atoms with van der Waals surface area (Å²) in [5.74, 6) is -0.369. The Morgan fingerprint density at radius 2 is 1.86 bits per heavy atom. The molecule has 126 valence electrons. The van der Waals surface area contributed by atoms with E-state index in [1.165, 1.54) is 5.56 Å². The molecule has 0 aliphatic rings. The van der Waals surface area contributed by atoms with Gasteiger partial charge in [0.1, 0.15) is 0 Å². The van der Waals surface area contributed by atoms with Crippen molar-refractivity contribution in [2.45, 2.75) is 32.2 Å². The second-order valence-corrected chi connectivity index (χ2v) is 5.06. The zero-order chi connectivity index (χ0) is 15.0. The third-order valence-corrected chi connectivity index (χ3v) is 3.32. The highest BCUT2D eigenvalue weighted by Crippen LogP contribution is 2.13. The number of amides is 1. The van der Waals surface area contributed by atoms with Gasteiger partial charge < -0.3 is 16.8 Å². The number of nitrogens with one attached hydrogen (secondary N) is 1. The van der Waals surface area contributed by atoms with Crippen LogP contribution in [0.4, 0.5) is 0 Å². The van der Waals surface area contributed by atoms with Gasteiger partial charge in [0.05, 0.1) is 0 Å². The summed E-state index contributed by atoms with van der Waals surface area (Å²) in [7, 11) is 1.96. The molecule has 1 amide bonds. The van der Waals surface area contributed by atoms with Crippen LogP contribution in [0.3, 0.4) is 0 Å². The van der Waals surface area contributed by atoms with E-state index in [4.69, 9.17) is 11.5 Å². The largest absolute Gasteiger partial charge is 0.366 e. The van der Waals surface area contributed by atoms with Gasteiger partial charge in [0.2, 0.25) is 5.91 Å². The Morgan fingerprint density at radius 1 is 1.27 bits per heavy atom.